The van der Waals surface area contributed by atoms with Crippen LogP contribution in [0, 0.1) is 0 Å². The normalized spacial score (nSPS) is 11.8. The summed E-state index contributed by atoms with van der Waals surface area (Å²) in [5, 5.41) is 4.00. The fourth-order valence-corrected chi connectivity index (χ4v) is 7.28. The lowest BCUT2D eigenvalue weighted by molar-refractivity contribution is 0.620. The molecule has 0 aliphatic rings. The van der Waals surface area contributed by atoms with Gasteiger partial charge in [-0.25, -0.2) is 19.9 Å². The van der Waals surface area contributed by atoms with Gasteiger partial charge >= 0.3 is 0 Å². The molecule has 0 saturated carbocycles. The minimum absolute atomic E-state index is 0.541. The lowest BCUT2D eigenvalue weighted by Gasteiger charge is -2.10. The molecule has 7 aromatic carbocycles. The van der Waals surface area contributed by atoms with Gasteiger partial charge in [0.05, 0.1) is 0 Å². The predicted octanol–water partition coefficient (Wildman–Crippen LogP) is 12.1. The van der Waals surface area contributed by atoms with Gasteiger partial charge in [0.15, 0.2) is 23.1 Å². The van der Waals surface area contributed by atoms with Gasteiger partial charge in [0.1, 0.15) is 27.8 Å². The van der Waals surface area contributed by atoms with Crippen molar-refractivity contribution < 1.29 is 13.3 Å². The van der Waals surface area contributed by atoms with Crippen LogP contribution in [0.25, 0.3) is 112 Å². The molecule has 4 aromatic heterocycles. The van der Waals surface area contributed by atoms with Gasteiger partial charge in [-0.2, -0.15) is 0 Å². The van der Waals surface area contributed by atoms with Crippen molar-refractivity contribution in [2.24, 2.45) is 0 Å². The highest BCUT2D eigenvalue weighted by Gasteiger charge is 2.20. The van der Waals surface area contributed by atoms with Crippen molar-refractivity contribution in [2.45, 2.75) is 0 Å². The number of para-hydroxylation sites is 4. The molecule has 0 radical (unpaired) electrons. The van der Waals surface area contributed by atoms with Gasteiger partial charge in [-0.1, -0.05) is 109 Å². The molecule has 7 heteroatoms. The summed E-state index contributed by atoms with van der Waals surface area (Å²) in [6, 6.07) is 52.5. The second-order valence-electron chi connectivity index (χ2n) is 13.0. The quantitative estimate of drug-likeness (QED) is 0.178. The standard InChI is InChI=1S/C46H26N4O3/c1-2-11-27(12-3-1)43-48-44(29-14-8-13-28(25-29)31-16-9-17-33-32-15-4-6-20-37(32)52-42(31)33)50-45(49-43)34-18-10-22-40-41(34)35-26-30(23-24-38(35)51-40)46-47-36-19-5-7-21-39(36)53-46/h1-26H. The molecule has 0 unspecified atom stereocenters. The van der Waals surface area contributed by atoms with Crippen LogP contribution in [0.4, 0.5) is 0 Å². The number of hydrogen-bond acceptors (Lipinski definition) is 7. The Hall–Kier alpha value is -7.38. The maximum Gasteiger partial charge on any atom is 0.227 e. The number of furan rings is 2. The molecule has 53 heavy (non-hydrogen) atoms. The van der Waals surface area contributed by atoms with Gasteiger partial charge in [0.2, 0.25) is 5.89 Å². The Morgan fingerprint density at radius 3 is 1.91 bits per heavy atom. The molecule has 248 valence electrons. The third-order valence-corrected chi connectivity index (χ3v) is 9.78. The molecule has 11 rings (SSSR count). The highest BCUT2D eigenvalue weighted by atomic mass is 16.3. The Bertz CT molecular complexity index is 3160. The number of nitrogens with zero attached hydrogens (tertiary/aromatic N) is 4. The van der Waals surface area contributed by atoms with Gasteiger partial charge < -0.3 is 13.3 Å². The topological polar surface area (TPSA) is 91.0 Å². The van der Waals surface area contributed by atoms with E-state index in [1.165, 1.54) is 0 Å². The number of rotatable bonds is 5. The van der Waals surface area contributed by atoms with Gasteiger partial charge in [-0.05, 0) is 54.1 Å². The van der Waals surface area contributed by atoms with Crippen molar-refractivity contribution in [1.29, 1.82) is 0 Å². The number of benzene rings is 7. The van der Waals surface area contributed by atoms with Crippen molar-refractivity contribution in [1.82, 2.24) is 19.9 Å². The summed E-state index contributed by atoms with van der Waals surface area (Å²) in [6.45, 7) is 0. The molecule has 7 nitrogen and oxygen atoms in total. The maximum atomic E-state index is 6.40. The monoisotopic (exact) mass is 682 g/mol. The minimum Gasteiger partial charge on any atom is -0.456 e. The first-order valence-corrected chi connectivity index (χ1v) is 17.4. The Labute approximate surface area is 301 Å². The Balaban J connectivity index is 1.09. The van der Waals surface area contributed by atoms with Gasteiger partial charge in [-0.3, -0.25) is 0 Å². The number of oxazole rings is 1. The molecule has 4 heterocycles. The Morgan fingerprint density at radius 1 is 0.340 bits per heavy atom. The smallest absolute Gasteiger partial charge is 0.227 e. The van der Waals surface area contributed by atoms with Crippen LogP contribution in [0.5, 0.6) is 0 Å². The zero-order chi connectivity index (χ0) is 34.9. The first-order chi connectivity index (χ1) is 26.2. The third-order valence-electron chi connectivity index (χ3n) is 9.78. The first-order valence-electron chi connectivity index (χ1n) is 17.4. The van der Waals surface area contributed by atoms with E-state index in [1.54, 1.807) is 0 Å². The highest BCUT2D eigenvalue weighted by molar-refractivity contribution is 6.13. The molecule has 0 saturated heterocycles. The zero-order valence-electron chi connectivity index (χ0n) is 28.0. The number of fused-ring (bicyclic) bond motifs is 7. The largest absolute Gasteiger partial charge is 0.456 e. The molecule has 0 aliphatic carbocycles. The summed E-state index contributed by atoms with van der Waals surface area (Å²) in [5.74, 6) is 2.22. The van der Waals surface area contributed by atoms with Crippen LogP contribution in [0.1, 0.15) is 0 Å². The molecule has 0 aliphatic heterocycles. The van der Waals surface area contributed by atoms with Crippen LogP contribution < -0.4 is 0 Å². The average Bonchev–Trinajstić information content (AvgIpc) is 3.94. The van der Waals surface area contributed by atoms with Crippen LogP contribution in [0.15, 0.2) is 171 Å². The summed E-state index contributed by atoms with van der Waals surface area (Å²) in [4.78, 5) is 20.0. The summed E-state index contributed by atoms with van der Waals surface area (Å²) in [5.41, 5.74) is 10.2. The van der Waals surface area contributed by atoms with Crippen molar-refractivity contribution in [2.75, 3.05) is 0 Å². The van der Waals surface area contributed by atoms with Crippen LogP contribution in [0.2, 0.25) is 0 Å². The van der Waals surface area contributed by atoms with E-state index in [4.69, 9.17) is 33.2 Å². The molecule has 0 atom stereocenters. The number of aromatic nitrogens is 4. The maximum absolute atomic E-state index is 6.40. The molecule has 0 spiro atoms. The van der Waals surface area contributed by atoms with E-state index in [1.807, 2.05) is 115 Å². The second kappa shape index (κ2) is 11.6. The fraction of sp³-hybridized carbons (Fsp3) is 0. The van der Waals surface area contributed by atoms with Crippen molar-refractivity contribution in [3.63, 3.8) is 0 Å². The van der Waals surface area contributed by atoms with Gasteiger partial charge in [0, 0.05) is 49.4 Å². The van der Waals surface area contributed by atoms with E-state index in [2.05, 4.69) is 42.5 Å². The summed E-state index contributed by atoms with van der Waals surface area (Å²) >= 11 is 0. The van der Waals surface area contributed by atoms with Crippen LogP contribution in [0.3, 0.4) is 0 Å². The van der Waals surface area contributed by atoms with Crippen molar-refractivity contribution in [3.05, 3.63) is 158 Å². The fourth-order valence-electron chi connectivity index (χ4n) is 7.28. The van der Waals surface area contributed by atoms with Crippen molar-refractivity contribution >= 4 is 55.0 Å². The van der Waals surface area contributed by atoms with E-state index in [0.717, 1.165) is 88.4 Å². The predicted molar refractivity (Wildman–Crippen MR) is 209 cm³/mol. The van der Waals surface area contributed by atoms with Gasteiger partial charge in [0.25, 0.3) is 0 Å². The first kappa shape index (κ1) is 29.4. The van der Waals surface area contributed by atoms with E-state index >= 15 is 0 Å². The lowest BCUT2D eigenvalue weighted by Crippen LogP contribution is -2.00. The van der Waals surface area contributed by atoms with Crippen LogP contribution >= 0.6 is 0 Å². The molecule has 0 amide bonds. The second-order valence-corrected chi connectivity index (χ2v) is 13.0. The average molecular weight is 683 g/mol. The van der Waals surface area contributed by atoms with Crippen LogP contribution in [-0.4, -0.2) is 19.9 Å². The minimum atomic E-state index is 0.541. The third kappa shape index (κ3) is 4.82. The van der Waals surface area contributed by atoms with E-state index in [-0.39, 0.29) is 0 Å². The Morgan fingerprint density at radius 2 is 1.00 bits per heavy atom. The van der Waals surface area contributed by atoms with Gasteiger partial charge in [-0.15, -0.1) is 0 Å². The van der Waals surface area contributed by atoms with E-state index in [0.29, 0.717) is 23.4 Å². The molecule has 11 aromatic rings. The zero-order valence-corrected chi connectivity index (χ0v) is 28.0. The highest BCUT2D eigenvalue weighted by Crippen LogP contribution is 2.40. The summed E-state index contributed by atoms with van der Waals surface area (Å²) < 4.78 is 18.9. The molecular formula is C46H26N4O3. The summed E-state index contributed by atoms with van der Waals surface area (Å²) in [6.07, 6.45) is 0. The molecule has 0 N–H and O–H groups in total. The summed E-state index contributed by atoms with van der Waals surface area (Å²) in [7, 11) is 0. The van der Waals surface area contributed by atoms with Crippen LogP contribution in [-0.2, 0) is 0 Å². The molecule has 0 bridgehead atoms. The lowest BCUT2D eigenvalue weighted by atomic mass is 10.00. The molecule has 0 fully saturated rings. The van der Waals surface area contributed by atoms with Crippen molar-refractivity contribution in [3.8, 4) is 56.7 Å². The molecular weight excluding hydrogens is 657 g/mol. The van der Waals surface area contributed by atoms with E-state index < -0.39 is 0 Å². The number of hydrogen-bond donors (Lipinski definition) is 0. The Kier molecular flexibility index (Phi) is 6.42. The van der Waals surface area contributed by atoms with E-state index in [9.17, 15) is 0 Å². The SMILES string of the molecule is c1ccc(-c2nc(-c3cccc(-c4cccc5c4oc4ccccc45)c3)nc(-c3cccc4oc5ccc(-c6nc7ccccc7o6)cc5c34)n2)cc1.